The molecule has 4 N–H and O–H groups in total. The van der Waals surface area contributed by atoms with Gasteiger partial charge in [0, 0.05) is 9.79 Å². The number of fused-ring (bicyclic) bond motifs is 2. The number of benzene rings is 2. The molecule has 124 valence electrons. The molecule has 0 unspecified atom stereocenters. The highest BCUT2D eigenvalue weighted by molar-refractivity contribution is 7.99. The van der Waals surface area contributed by atoms with Gasteiger partial charge >= 0.3 is 12.0 Å². The van der Waals surface area contributed by atoms with Crippen molar-refractivity contribution in [2.75, 3.05) is 17.2 Å². The Morgan fingerprint density at radius 2 is 1.88 bits per heavy atom. The standard InChI is InChI=1S/C17H17N3O3S/c1-9-3-4-12-13(6-9)24-14-7-10(2)5-11(18)16(14)20(12)17(23)19-8-15(21)22/h3-7H,8,18H2,1-2H3,(H,19,23)(H,21,22). The lowest BCUT2D eigenvalue weighted by Crippen LogP contribution is -2.40. The summed E-state index contributed by atoms with van der Waals surface area (Å²) < 4.78 is 0. The van der Waals surface area contributed by atoms with E-state index in [0.29, 0.717) is 17.1 Å². The molecule has 1 aliphatic rings. The number of nitrogens with one attached hydrogen (secondary N) is 1. The number of nitrogen functional groups attached to an aromatic ring is 1. The predicted molar refractivity (Wildman–Crippen MR) is 94.1 cm³/mol. The maximum absolute atomic E-state index is 12.6. The highest BCUT2D eigenvalue weighted by atomic mass is 32.2. The Hall–Kier alpha value is -2.67. The van der Waals surface area contributed by atoms with Crippen LogP contribution in [-0.2, 0) is 4.79 Å². The van der Waals surface area contributed by atoms with Gasteiger partial charge < -0.3 is 16.2 Å². The third-order valence-corrected chi connectivity index (χ3v) is 4.72. The molecule has 0 spiro atoms. The first-order valence-corrected chi connectivity index (χ1v) is 8.17. The molecule has 0 atom stereocenters. The van der Waals surface area contributed by atoms with Crippen LogP contribution >= 0.6 is 11.8 Å². The third kappa shape index (κ3) is 2.90. The number of nitrogens with two attached hydrogens (primary N) is 1. The van der Waals surface area contributed by atoms with Crippen LogP contribution in [0, 0.1) is 13.8 Å². The summed E-state index contributed by atoms with van der Waals surface area (Å²) in [6, 6.07) is 9.01. The van der Waals surface area contributed by atoms with Crippen molar-refractivity contribution in [3.05, 3.63) is 41.5 Å². The number of urea groups is 1. The van der Waals surface area contributed by atoms with Gasteiger partial charge in [-0.05, 0) is 49.2 Å². The van der Waals surface area contributed by atoms with Crippen LogP contribution in [-0.4, -0.2) is 23.7 Å². The number of amides is 2. The third-order valence-electron chi connectivity index (χ3n) is 3.64. The molecular weight excluding hydrogens is 326 g/mol. The number of aliphatic carboxylic acids is 1. The molecule has 0 saturated carbocycles. The summed E-state index contributed by atoms with van der Waals surface area (Å²) >= 11 is 1.55. The summed E-state index contributed by atoms with van der Waals surface area (Å²) in [5.41, 5.74) is 10.0. The van der Waals surface area contributed by atoms with Crippen molar-refractivity contribution >= 4 is 40.8 Å². The summed E-state index contributed by atoms with van der Waals surface area (Å²) in [5, 5.41) is 11.2. The van der Waals surface area contributed by atoms with Gasteiger partial charge in [-0.1, -0.05) is 17.8 Å². The van der Waals surface area contributed by atoms with Gasteiger partial charge in [-0.15, -0.1) is 0 Å². The van der Waals surface area contributed by atoms with Crippen molar-refractivity contribution in [3.63, 3.8) is 0 Å². The summed E-state index contributed by atoms with van der Waals surface area (Å²) in [6.07, 6.45) is 0. The van der Waals surface area contributed by atoms with E-state index < -0.39 is 18.5 Å². The summed E-state index contributed by atoms with van der Waals surface area (Å²) in [4.78, 5) is 26.7. The molecule has 1 aliphatic heterocycles. The van der Waals surface area contributed by atoms with Gasteiger partial charge in [-0.3, -0.25) is 9.69 Å². The average molecular weight is 343 g/mol. The van der Waals surface area contributed by atoms with Crippen molar-refractivity contribution in [2.45, 2.75) is 23.6 Å². The molecule has 24 heavy (non-hydrogen) atoms. The van der Waals surface area contributed by atoms with Crippen LogP contribution in [0.2, 0.25) is 0 Å². The number of anilines is 3. The Labute approximate surface area is 143 Å². The zero-order valence-electron chi connectivity index (χ0n) is 13.3. The normalized spacial score (nSPS) is 12.3. The Morgan fingerprint density at radius 1 is 1.17 bits per heavy atom. The van der Waals surface area contributed by atoms with E-state index in [1.54, 1.807) is 17.8 Å². The Kier molecular flexibility index (Phi) is 4.11. The second kappa shape index (κ2) is 6.09. The monoisotopic (exact) mass is 343 g/mol. The first-order chi connectivity index (χ1) is 11.4. The first kappa shape index (κ1) is 16.2. The molecule has 0 bridgehead atoms. The van der Waals surface area contributed by atoms with E-state index in [-0.39, 0.29) is 0 Å². The first-order valence-electron chi connectivity index (χ1n) is 7.35. The van der Waals surface area contributed by atoms with Gasteiger partial charge in [0.15, 0.2) is 0 Å². The molecular formula is C17H17N3O3S. The van der Waals surface area contributed by atoms with E-state index in [0.717, 1.165) is 20.9 Å². The number of rotatable bonds is 2. The van der Waals surface area contributed by atoms with Crippen LogP contribution in [0.1, 0.15) is 11.1 Å². The van der Waals surface area contributed by atoms with Crippen molar-refractivity contribution < 1.29 is 14.7 Å². The Balaban J connectivity index is 2.13. The van der Waals surface area contributed by atoms with E-state index in [1.807, 2.05) is 38.1 Å². The molecule has 2 aromatic carbocycles. The minimum atomic E-state index is -1.10. The Bertz CT molecular complexity index is 851. The van der Waals surface area contributed by atoms with Gasteiger partial charge in [0.25, 0.3) is 0 Å². The van der Waals surface area contributed by atoms with E-state index in [1.165, 1.54) is 4.90 Å². The molecule has 3 rings (SSSR count). The number of hydrogen-bond acceptors (Lipinski definition) is 4. The lowest BCUT2D eigenvalue weighted by Gasteiger charge is -2.32. The van der Waals surface area contributed by atoms with E-state index in [9.17, 15) is 9.59 Å². The Morgan fingerprint density at radius 3 is 2.58 bits per heavy atom. The maximum atomic E-state index is 12.6. The van der Waals surface area contributed by atoms with Crippen molar-refractivity contribution in [1.29, 1.82) is 0 Å². The fraction of sp³-hybridized carbons (Fsp3) is 0.176. The quantitative estimate of drug-likeness (QED) is 0.727. The molecule has 2 amide bonds. The lowest BCUT2D eigenvalue weighted by molar-refractivity contribution is -0.135. The van der Waals surface area contributed by atoms with Gasteiger partial charge in [-0.2, -0.15) is 0 Å². The SMILES string of the molecule is Cc1ccc2c(c1)Sc1cc(C)cc(N)c1N2C(=O)NCC(=O)O. The van der Waals surface area contributed by atoms with Crippen molar-refractivity contribution in [2.24, 2.45) is 0 Å². The highest BCUT2D eigenvalue weighted by Gasteiger charge is 2.30. The molecule has 0 aliphatic carbocycles. The number of aryl methyl sites for hydroxylation is 2. The fourth-order valence-electron chi connectivity index (χ4n) is 2.66. The minimum absolute atomic E-state index is 0.454. The van der Waals surface area contributed by atoms with Gasteiger partial charge in [0.05, 0.1) is 17.1 Å². The van der Waals surface area contributed by atoms with Crippen LogP contribution in [0.5, 0.6) is 0 Å². The molecule has 6 nitrogen and oxygen atoms in total. The van der Waals surface area contributed by atoms with Crippen LogP contribution in [0.25, 0.3) is 0 Å². The second-order valence-corrected chi connectivity index (χ2v) is 6.75. The molecule has 0 saturated heterocycles. The smallest absolute Gasteiger partial charge is 0.327 e. The molecule has 0 fully saturated rings. The van der Waals surface area contributed by atoms with Gasteiger partial charge in [0.2, 0.25) is 0 Å². The molecule has 2 aromatic rings. The topological polar surface area (TPSA) is 95.7 Å². The van der Waals surface area contributed by atoms with Gasteiger partial charge in [0.1, 0.15) is 6.54 Å². The summed E-state index contributed by atoms with van der Waals surface area (Å²) in [6.45, 7) is 3.47. The molecule has 1 heterocycles. The average Bonchev–Trinajstić information content (AvgIpc) is 2.50. The molecule has 0 aromatic heterocycles. The van der Waals surface area contributed by atoms with Gasteiger partial charge in [-0.25, -0.2) is 4.79 Å². The van der Waals surface area contributed by atoms with E-state index in [4.69, 9.17) is 10.8 Å². The summed E-state index contributed by atoms with van der Waals surface area (Å²) in [5.74, 6) is -1.10. The van der Waals surface area contributed by atoms with E-state index in [2.05, 4.69) is 5.32 Å². The van der Waals surface area contributed by atoms with Crippen LogP contribution in [0.3, 0.4) is 0 Å². The number of carboxylic acids is 1. The molecule has 7 heteroatoms. The second-order valence-electron chi connectivity index (χ2n) is 5.66. The fourth-order valence-corrected chi connectivity index (χ4v) is 3.95. The van der Waals surface area contributed by atoms with Crippen LogP contribution in [0.4, 0.5) is 21.9 Å². The highest BCUT2D eigenvalue weighted by Crippen LogP contribution is 2.51. The number of carboxylic acid groups (broad SMARTS) is 1. The largest absolute Gasteiger partial charge is 0.480 e. The maximum Gasteiger partial charge on any atom is 0.327 e. The van der Waals surface area contributed by atoms with Crippen molar-refractivity contribution in [3.8, 4) is 0 Å². The zero-order chi connectivity index (χ0) is 17.4. The number of carbonyl (C=O) groups excluding carboxylic acids is 1. The van der Waals surface area contributed by atoms with E-state index >= 15 is 0 Å². The number of hydrogen-bond donors (Lipinski definition) is 3. The van der Waals surface area contributed by atoms with Crippen LogP contribution in [0.15, 0.2) is 40.1 Å². The predicted octanol–water partition coefficient (Wildman–Crippen LogP) is 3.28. The molecule has 0 radical (unpaired) electrons. The van der Waals surface area contributed by atoms with Crippen molar-refractivity contribution in [1.82, 2.24) is 5.32 Å². The zero-order valence-corrected chi connectivity index (χ0v) is 14.1. The minimum Gasteiger partial charge on any atom is -0.480 e. The number of nitrogens with zero attached hydrogens (tertiary/aromatic N) is 1. The number of carbonyl (C=O) groups is 2. The van der Waals surface area contributed by atoms with Crippen LogP contribution < -0.4 is 16.0 Å². The lowest BCUT2D eigenvalue weighted by atomic mass is 10.1. The summed E-state index contributed by atoms with van der Waals surface area (Å²) in [7, 11) is 0.